The summed E-state index contributed by atoms with van der Waals surface area (Å²) >= 11 is 5.95. The van der Waals surface area contributed by atoms with E-state index in [2.05, 4.69) is 20.0 Å². The number of fused-ring (bicyclic) bond motifs is 1. The summed E-state index contributed by atoms with van der Waals surface area (Å²) in [5.41, 5.74) is -1.25. The number of H-pyrrole nitrogens is 1. The molecule has 10 nitrogen and oxygen atoms in total. The maximum Gasteiger partial charge on any atom is 0.573 e. The minimum atomic E-state index is -4.91. The zero-order valence-corrected chi connectivity index (χ0v) is 19.2. The molecule has 2 aromatic heterocycles. The summed E-state index contributed by atoms with van der Waals surface area (Å²) in [6, 6.07) is 11.1. The number of amides is 1. The van der Waals surface area contributed by atoms with Crippen LogP contribution in [0.5, 0.6) is 17.5 Å². The van der Waals surface area contributed by atoms with Crippen molar-refractivity contribution in [2.45, 2.75) is 19.5 Å². The lowest BCUT2D eigenvalue weighted by molar-refractivity contribution is -0.274. The Morgan fingerprint density at radius 3 is 2.47 bits per heavy atom. The summed E-state index contributed by atoms with van der Waals surface area (Å²) in [5, 5.41) is 2.81. The van der Waals surface area contributed by atoms with Crippen molar-refractivity contribution < 1.29 is 27.4 Å². The number of aromatic nitrogens is 4. The number of hydrogen-bond acceptors (Lipinski definition) is 6. The first-order chi connectivity index (χ1) is 17.0. The van der Waals surface area contributed by atoms with E-state index in [-0.39, 0.29) is 29.5 Å². The van der Waals surface area contributed by atoms with Crippen LogP contribution in [0.25, 0.3) is 11.2 Å². The Morgan fingerprint density at radius 1 is 1.11 bits per heavy atom. The number of imidazole rings is 1. The molecule has 0 bridgehead atoms. The van der Waals surface area contributed by atoms with Gasteiger partial charge in [0.25, 0.3) is 5.56 Å². The Balaban J connectivity index is 1.84. The Hall–Kier alpha value is -4.26. The van der Waals surface area contributed by atoms with Crippen LogP contribution in [0.4, 0.5) is 13.2 Å². The van der Waals surface area contributed by atoms with Crippen molar-refractivity contribution in [3.05, 3.63) is 80.0 Å². The molecule has 2 aromatic carbocycles. The van der Waals surface area contributed by atoms with Crippen LogP contribution in [-0.4, -0.2) is 38.4 Å². The van der Waals surface area contributed by atoms with Crippen LogP contribution in [0.3, 0.4) is 0 Å². The first-order valence-corrected chi connectivity index (χ1v) is 10.6. The molecular formula is C22H17ClF3N5O5. The highest BCUT2D eigenvalue weighted by atomic mass is 35.5. The molecule has 0 spiro atoms. The van der Waals surface area contributed by atoms with E-state index >= 15 is 0 Å². The van der Waals surface area contributed by atoms with Gasteiger partial charge >= 0.3 is 18.1 Å². The van der Waals surface area contributed by atoms with E-state index < -0.39 is 35.8 Å². The first-order valence-electron chi connectivity index (χ1n) is 10.3. The highest BCUT2D eigenvalue weighted by Gasteiger charge is 2.31. The lowest BCUT2D eigenvalue weighted by atomic mass is 10.2. The Kier molecular flexibility index (Phi) is 6.75. The molecule has 0 aliphatic heterocycles. The molecule has 4 aromatic rings. The molecule has 0 fully saturated rings. The number of aromatic amines is 1. The number of rotatable bonds is 7. The van der Waals surface area contributed by atoms with Crippen molar-refractivity contribution in [3.63, 3.8) is 0 Å². The van der Waals surface area contributed by atoms with Gasteiger partial charge in [0.2, 0.25) is 5.91 Å². The number of carbonyl (C=O) groups is 1. The van der Waals surface area contributed by atoms with Crippen LogP contribution in [0.2, 0.25) is 5.02 Å². The number of hydrogen-bond donors (Lipinski definition) is 2. The molecule has 0 radical (unpaired) electrons. The SMILES string of the molecule is CNC(=O)Cn1c(=O)[nH]c2nc(Oc3cccc(OC(F)(F)F)c3)n(Cc3ccc(Cl)cc3)c2c1=O. The van der Waals surface area contributed by atoms with E-state index in [4.69, 9.17) is 16.3 Å². The first kappa shape index (κ1) is 24.9. The van der Waals surface area contributed by atoms with Crippen molar-refractivity contribution in [2.75, 3.05) is 7.05 Å². The topological polar surface area (TPSA) is 120 Å². The van der Waals surface area contributed by atoms with E-state index in [1.807, 2.05) is 0 Å². The second-order valence-corrected chi connectivity index (χ2v) is 7.86. The fourth-order valence-electron chi connectivity index (χ4n) is 3.33. The molecule has 0 saturated carbocycles. The summed E-state index contributed by atoms with van der Waals surface area (Å²) in [6.45, 7) is -0.525. The third-order valence-corrected chi connectivity index (χ3v) is 5.19. The predicted molar refractivity (Wildman–Crippen MR) is 122 cm³/mol. The highest BCUT2D eigenvalue weighted by Crippen LogP contribution is 2.30. The van der Waals surface area contributed by atoms with Crippen molar-refractivity contribution in [2.24, 2.45) is 0 Å². The summed E-state index contributed by atoms with van der Waals surface area (Å²) in [6.07, 6.45) is -4.91. The number of nitrogens with one attached hydrogen (secondary N) is 2. The lowest BCUT2D eigenvalue weighted by Gasteiger charge is -2.12. The fourth-order valence-corrected chi connectivity index (χ4v) is 3.45. The smallest absolute Gasteiger partial charge is 0.425 e. The number of ether oxygens (including phenoxy) is 2. The van der Waals surface area contributed by atoms with Gasteiger partial charge in [-0.1, -0.05) is 29.8 Å². The van der Waals surface area contributed by atoms with Gasteiger partial charge in [0.05, 0.1) is 6.54 Å². The largest absolute Gasteiger partial charge is 0.573 e. The van der Waals surface area contributed by atoms with Crippen molar-refractivity contribution in [1.82, 2.24) is 24.4 Å². The molecule has 36 heavy (non-hydrogen) atoms. The van der Waals surface area contributed by atoms with Gasteiger partial charge in [0.1, 0.15) is 18.0 Å². The van der Waals surface area contributed by atoms with Gasteiger partial charge in [-0.25, -0.2) is 9.36 Å². The van der Waals surface area contributed by atoms with Crippen molar-refractivity contribution >= 4 is 28.7 Å². The van der Waals surface area contributed by atoms with Gasteiger partial charge in [-0.05, 0) is 29.8 Å². The number of likely N-dealkylation sites (N-methyl/N-ethyl adjacent to an activating group) is 1. The molecule has 14 heteroatoms. The van der Waals surface area contributed by atoms with Crippen molar-refractivity contribution in [3.8, 4) is 17.5 Å². The second-order valence-electron chi connectivity index (χ2n) is 7.42. The summed E-state index contributed by atoms with van der Waals surface area (Å²) in [5.74, 6) is -1.18. The van der Waals surface area contributed by atoms with Crippen LogP contribution in [0, 0.1) is 0 Å². The minimum Gasteiger partial charge on any atom is -0.425 e. The van der Waals surface area contributed by atoms with Gasteiger partial charge in [-0.3, -0.25) is 19.1 Å². The Bertz CT molecular complexity index is 1540. The molecule has 0 atom stereocenters. The van der Waals surface area contributed by atoms with E-state index in [0.717, 1.165) is 12.1 Å². The van der Waals surface area contributed by atoms with Gasteiger partial charge in [0, 0.05) is 18.1 Å². The van der Waals surface area contributed by atoms with E-state index in [1.165, 1.54) is 23.7 Å². The molecular weight excluding hydrogens is 507 g/mol. The molecule has 0 aliphatic rings. The van der Waals surface area contributed by atoms with Gasteiger partial charge < -0.3 is 14.8 Å². The Labute approximate surface area is 204 Å². The van der Waals surface area contributed by atoms with Crippen LogP contribution in [0.15, 0.2) is 58.1 Å². The Morgan fingerprint density at radius 2 is 1.81 bits per heavy atom. The second kappa shape index (κ2) is 9.77. The molecule has 188 valence electrons. The normalized spacial score (nSPS) is 11.5. The molecule has 2 heterocycles. The third-order valence-electron chi connectivity index (χ3n) is 4.93. The van der Waals surface area contributed by atoms with Gasteiger partial charge in [0.15, 0.2) is 11.2 Å². The molecule has 0 unspecified atom stereocenters. The molecule has 2 N–H and O–H groups in total. The van der Waals surface area contributed by atoms with E-state index in [1.54, 1.807) is 24.3 Å². The van der Waals surface area contributed by atoms with Crippen LogP contribution in [-0.2, 0) is 17.9 Å². The van der Waals surface area contributed by atoms with Crippen LogP contribution < -0.4 is 26.0 Å². The maximum absolute atomic E-state index is 13.2. The fraction of sp³-hybridized carbons (Fsp3) is 0.182. The average Bonchev–Trinajstić information content (AvgIpc) is 3.13. The minimum absolute atomic E-state index is 0.0169. The van der Waals surface area contributed by atoms with Gasteiger partial charge in [-0.15, -0.1) is 13.2 Å². The standard InChI is InChI=1S/C22H17ClF3N5O5/c1-27-16(32)11-31-19(33)17-18(28-20(31)34)29-21(30(17)10-12-5-7-13(23)8-6-12)35-14-3-2-4-15(9-14)36-22(24,25)26/h2-9H,10-11H2,1H3,(H,27,32)(H,28,34). The predicted octanol–water partition coefficient (Wildman–Crippen LogP) is 3.02. The highest BCUT2D eigenvalue weighted by molar-refractivity contribution is 6.30. The van der Waals surface area contributed by atoms with E-state index in [0.29, 0.717) is 15.2 Å². The number of benzene rings is 2. The molecule has 1 amide bonds. The average molecular weight is 524 g/mol. The monoisotopic (exact) mass is 523 g/mol. The maximum atomic E-state index is 13.2. The number of alkyl halides is 3. The zero-order valence-electron chi connectivity index (χ0n) is 18.4. The van der Waals surface area contributed by atoms with Crippen molar-refractivity contribution in [1.29, 1.82) is 0 Å². The summed E-state index contributed by atoms with van der Waals surface area (Å²) in [7, 11) is 1.35. The van der Waals surface area contributed by atoms with Gasteiger partial charge in [-0.2, -0.15) is 4.98 Å². The van der Waals surface area contributed by atoms with E-state index in [9.17, 15) is 27.6 Å². The molecule has 0 saturated heterocycles. The number of nitrogens with zero attached hydrogens (tertiary/aromatic N) is 3. The lowest BCUT2D eigenvalue weighted by Crippen LogP contribution is -2.40. The number of halogens is 4. The quantitative estimate of drug-likeness (QED) is 0.384. The number of carbonyl (C=O) groups excluding carboxylic acids is 1. The molecule has 4 rings (SSSR count). The summed E-state index contributed by atoms with van der Waals surface area (Å²) < 4.78 is 49.5. The van der Waals surface area contributed by atoms with Crippen LogP contribution >= 0.6 is 11.6 Å². The summed E-state index contributed by atoms with van der Waals surface area (Å²) in [4.78, 5) is 44.1. The zero-order chi connectivity index (χ0) is 26.0. The van der Waals surface area contributed by atoms with Crippen LogP contribution in [0.1, 0.15) is 5.56 Å². The third kappa shape index (κ3) is 5.51. The molecule has 0 aliphatic carbocycles.